The number of unbranched alkanes of at least 4 members (excludes halogenated alkanes) is 2. The zero-order chi connectivity index (χ0) is 52.9. The number of methoxy groups -OCH3 is 1. The van der Waals surface area contributed by atoms with E-state index in [-0.39, 0.29) is 59.5 Å². The average molecular weight is 1060 g/mol. The van der Waals surface area contributed by atoms with E-state index >= 15 is 0 Å². The number of benzene rings is 4. The maximum Gasteiger partial charge on any atom is 0.303 e. The SMILES string of the molecule is C=C(/C=C/C=C/C=C/C=C1/N(CCCCCC(=O)O)c2ccc3c(S(=O)(=O)O)cc(S(=O)(=O)O)cc3c2C1(C)C)C(C)(CCCS(=O)(=O)O)c1c(C)ccc2c(S(=O)(=O)O)cc(C(=O)NCCOC)cc12. The van der Waals surface area contributed by atoms with Crippen LogP contribution in [0.3, 0.4) is 0 Å². The monoisotopic (exact) mass is 1060 g/mol. The zero-order valence-electron chi connectivity index (χ0n) is 39.7. The van der Waals surface area contributed by atoms with Gasteiger partial charge in [-0.25, -0.2) is 0 Å². The van der Waals surface area contributed by atoms with Crippen molar-refractivity contribution in [2.24, 2.45) is 0 Å². The number of amides is 1. The Hall–Kier alpha value is -5.56. The van der Waals surface area contributed by atoms with Crippen LogP contribution in [0.1, 0.15) is 86.3 Å². The molecule has 1 amide bonds. The Kier molecular flexibility index (Phi) is 17.5. The van der Waals surface area contributed by atoms with E-state index in [1.807, 2.05) is 24.8 Å². The highest BCUT2D eigenvalue weighted by Crippen LogP contribution is 2.52. The lowest BCUT2D eigenvalue weighted by Crippen LogP contribution is -2.28. The molecule has 6 N–H and O–H groups in total. The molecule has 5 rings (SSSR count). The van der Waals surface area contributed by atoms with Gasteiger partial charge in [-0.2, -0.15) is 33.7 Å². The summed E-state index contributed by atoms with van der Waals surface area (Å²) in [5.41, 5.74) is 1.21. The maximum absolute atomic E-state index is 13.3. The molecule has 1 aliphatic heterocycles. The van der Waals surface area contributed by atoms with Crippen LogP contribution in [0.15, 0.2) is 124 Å². The van der Waals surface area contributed by atoms with Crippen LogP contribution in [0.2, 0.25) is 0 Å². The second kappa shape index (κ2) is 22.1. The Morgan fingerprint density at radius 1 is 0.775 bits per heavy atom. The molecule has 384 valence electrons. The number of hydrogen-bond acceptors (Lipinski definition) is 12. The van der Waals surface area contributed by atoms with Gasteiger partial charge in [0.15, 0.2) is 0 Å². The minimum Gasteiger partial charge on any atom is -0.481 e. The standard InChI is InChI=1S/C49H58N2O16S4/c1-32-19-20-36-38(28-34(29-41(36)70(61,62)63)47(54)50-24-26-67-6)45(32)49(5,23-15-27-68(55,56)57)33(2)16-11-8-7-9-12-17-43-48(3,4)46-39-30-35(69(58,59)60)31-42(71(64,65)66)37(39)21-22-40(46)51(43)25-14-10-13-18-44(52)53/h7-9,11-12,16-17,19-22,28-31H,2,10,13-15,18,23-27H2,1,3-6H3,(H,50,54)(H,52,53)(H,55,56,57)(H,58,59,60)(H,61,62,63)(H,64,65,66)/b8-7+,12-9+,16-11+,43-17+. The third kappa shape index (κ3) is 13.3. The van der Waals surface area contributed by atoms with Crippen molar-refractivity contribution >= 4 is 79.6 Å². The second-order valence-electron chi connectivity index (χ2n) is 17.9. The van der Waals surface area contributed by atoms with Gasteiger partial charge < -0.3 is 20.1 Å². The van der Waals surface area contributed by atoms with E-state index in [1.165, 1.54) is 25.3 Å². The lowest BCUT2D eigenvalue weighted by atomic mass is 9.69. The fourth-order valence-corrected chi connectivity index (χ4v) is 11.8. The summed E-state index contributed by atoms with van der Waals surface area (Å²) in [4.78, 5) is 24.5. The van der Waals surface area contributed by atoms with Crippen molar-refractivity contribution in [3.05, 3.63) is 131 Å². The van der Waals surface area contributed by atoms with Gasteiger partial charge in [-0.15, -0.1) is 0 Å². The summed E-state index contributed by atoms with van der Waals surface area (Å²) < 4.78 is 144. The van der Waals surface area contributed by atoms with Gasteiger partial charge in [-0.05, 0) is 102 Å². The number of anilines is 1. The van der Waals surface area contributed by atoms with E-state index in [9.17, 15) is 61.5 Å². The number of rotatable bonds is 23. The van der Waals surface area contributed by atoms with Gasteiger partial charge in [0, 0.05) is 65.2 Å². The van der Waals surface area contributed by atoms with Gasteiger partial charge in [0.25, 0.3) is 46.4 Å². The van der Waals surface area contributed by atoms with Crippen molar-refractivity contribution in [3.8, 4) is 0 Å². The molecule has 0 saturated carbocycles. The Labute approximate surface area is 414 Å². The van der Waals surface area contributed by atoms with Crippen LogP contribution in [0.4, 0.5) is 5.69 Å². The predicted molar refractivity (Wildman–Crippen MR) is 270 cm³/mol. The molecule has 0 radical (unpaired) electrons. The van der Waals surface area contributed by atoms with E-state index in [4.69, 9.17) is 9.84 Å². The smallest absolute Gasteiger partial charge is 0.303 e. The van der Waals surface area contributed by atoms with Crippen molar-refractivity contribution in [1.82, 2.24) is 5.32 Å². The predicted octanol–water partition coefficient (Wildman–Crippen LogP) is 7.89. The molecule has 71 heavy (non-hydrogen) atoms. The quantitative estimate of drug-likeness (QED) is 0.0234. The van der Waals surface area contributed by atoms with Crippen LogP contribution in [0.25, 0.3) is 21.5 Å². The normalized spacial score (nSPS) is 15.9. The number of ether oxygens (including phenoxy) is 1. The molecule has 0 bridgehead atoms. The zero-order valence-corrected chi connectivity index (χ0v) is 43.0. The van der Waals surface area contributed by atoms with E-state index < -0.39 is 83.6 Å². The summed E-state index contributed by atoms with van der Waals surface area (Å²) in [7, 11) is -17.7. The minimum absolute atomic E-state index is 0.0198. The molecule has 1 unspecified atom stereocenters. The molecule has 0 aromatic heterocycles. The third-order valence-corrected chi connectivity index (χ3v) is 15.9. The van der Waals surface area contributed by atoms with Crippen LogP contribution in [-0.4, -0.2) is 101 Å². The molecule has 0 saturated heterocycles. The molecular weight excluding hydrogens is 1000 g/mol. The second-order valence-corrected chi connectivity index (χ2v) is 23.7. The number of carbonyl (C=O) groups is 2. The highest BCUT2D eigenvalue weighted by Gasteiger charge is 2.42. The van der Waals surface area contributed by atoms with Gasteiger partial charge in [0.05, 0.1) is 17.3 Å². The van der Waals surface area contributed by atoms with Crippen LogP contribution in [0.5, 0.6) is 0 Å². The van der Waals surface area contributed by atoms with Gasteiger partial charge >= 0.3 is 5.97 Å². The summed E-state index contributed by atoms with van der Waals surface area (Å²) in [6, 6.07) is 10.7. The van der Waals surface area contributed by atoms with Crippen molar-refractivity contribution < 1.29 is 71.3 Å². The summed E-state index contributed by atoms with van der Waals surface area (Å²) in [5, 5.41) is 12.4. The number of carboxylic acid groups (broad SMARTS) is 1. The van der Waals surface area contributed by atoms with Crippen molar-refractivity contribution in [2.45, 2.75) is 91.7 Å². The number of fused-ring (bicyclic) bond motifs is 4. The molecular formula is C49H58N2O16S4. The Morgan fingerprint density at radius 3 is 2.01 bits per heavy atom. The lowest BCUT2D eigenvalue weighted by molar-refractivity contribution is -0.137. The van der Waals surface area contributed by atoms with Crippen LogP contribution >= 0.6 is 0 Å². The van der Waals surface area contributed by atoms with E-state index in [1.54, 1.807) is 62.4 Å². The third-order valence-electron chi connectivity index (χ3n) is 12.5. The van der Waals surface area contributed by atoms with Crippen LogP contribution < -0.4 is 10.2 Å². The number of aryl methyl sites for hydroxylation is 1. The van der Waals surface area contributed by atoms with Crippen molar-refractivity contribution in [1.29, 1.82) is 0 Å². The van der Waals surface area contributed by atoms with E-state index in [2.05, 4.69) is 11.9 Å². The largest absolute Gasteiger partial charge is 0.481 e. The molecule has 0 fully saturated rings. The first-order valence-corrected chi connectivity index (χ1v) is 28.1. The maximum atomic E-state index is 13.3. The van der Waals surface area contributed by atoms with E-state index in [0.717, 1.165) is 12.1 Å². The molecule has 1 aliphatic rings. The molecule has 0 aliphatic carbocycles. The molecule has 22 heteroatoms. The highest BCUT2D eigenvalue weighted by molar-refractivity contribution is 7.87. The number of carboxylic acids is 1. The number of carbonyl (C=O) groups excluding carboxylic acids is 1. The fourth-order valence-electron chi connectivity index (χ4n) is 9.17. The summed E-state index contributed by atoms with van der Waals surface area (Å²) >= 11 is 0. The first-order chi connectivity index (χ1) is 32.9. The number of hydrogen-bond donors (Lipinski definition) is 6. The molecule has 18 nitrogen and oxygen atoms in total. The van der Waals surface area contributed by atoms with Gasteiger partial charge in [-0.3, -0.25) is 27.8 Å². The number of nitrogens with zero attached hydrogens (tertiary/aromatic N) is 1. The van der Waals surface area contributed by atoms with Crippen molar-refractivity contribution in [3.63, 3.8) is 0 Å². The molecule has 1 heterocycles. The summed E-state index contributed by atoms with van der Waals surface area (Å²) in [6.07, 6.45) is 13.5. The number of allylic oxidation sites excluding steroid dienone is 9. The lowest BCUT2D eigenvalue weighted by Gasteiger charge is -2.34. The highest BCUT2D eigenvalue weighted by atomic mass is 32.2. The molecule has 4 aromatic rings. The molecule has 4 aromatic carbocycles. The van der Waals surface area contributed by atoms with Crippen LogP contribution in [0, 0.1) is 6.92 Å². The topological polar surface area (TPSA) is 296 Å². The number of nitrogens with one attached hydrogen (secondary N) is 1. The Balaban J connectivity index is 1.55. The van der Waals surface area contributed by atoms with Crippen LogP contribution in [-0.2, 0) is 60.8 Å². The Bertz CT molecular complexity index is 3360. The minimum atomic E-state index is -4.97. The number of aliphatic carboxylic acids is 1. The van der Waals surface area contributed by atoms with E-state index in [0.29, 0.717) is 65.5 Å². The molecule has 0 spiro atoms. The van der Waals surface area contributed by atoms with Gasteiger partial charge in [0.2, 0.25) is 0 Å². The average Bonchev–Trinajstić information content (AvgIpc) is 3.47. The van der Waals surface area contributed by atoms with Gasteiger partial charge in [0.1, 0.15) is 9.79 Å². The fraction of sp³-hybridized carbons (Fsp3) is 0.347. The van der Waals surface area contributed by atoms with Crippen molar-refractivity contribution in [2.75, 3.05) is 37.5 Å². The van der Waals surface area contributed by atoms with Gasteiger partial charge in [-0.1, -0.05) is 88.4 Å². The Morgan fingerprint density at radius 2 is 1.39 bits per heavy atom. The first-order valence-electron chi connectivity index (χ1n) is 22.2. The first kappa shape index (κ1) is 56.4. The summed E-state index contributed by atoms with van der Waals surface area (Å²) in [5.74, 6) is -2.16. The summed E-state index contributed by atoms with van der Waals surface area (Å²) in [6.45, 7) is 12.2. The molecule has 1 atom stereocenters.